The quantitative estimate of drug-likeness (QED) is 0.907. The minimum absolute atomic E-state index is 0.0779. The van der Waals surface area contributed by atoms with Gasteiger partial charge in [0.25, 0.3) is 5.89 Å². The number of aliphatic hydroxyl groups is 1. The van der Waals surface area contributed by atoms with E-state index in [1.807, 2.05) is 4.90 Å². The standard InChI is InChI=1S/C17H25N3O4/c1-12-18-15(24-19-12)13-3-6-17(23-13)7-9-20(10-8-17)14(21)11-16(22)4-2-5-16/h13,22H,2-11H2,1H3. The van der Waals surface area contributed by atoms with Crippen molar-refractivity contribution in [1.29, 1.82) is 0 Å². The number of aryl methyl sites for hydroxylation is 1. The third-order valence-corrected chi connectivity index (χ3v) is 5.87. The number of piperidine rings is 1. The van der Waals surface area contributed by atoms with Crippen molar-refractivity contribution in [2.45, 2.75) is 75.6 Å². The molecule has 3 aliphatic rings. The number of rotatable bonds is 3. The molecule has 0 radical (unpaired) electrons. The van der Waals surface area contributed by atoms with E-state index in [2.05, 4.69) is 10.1 Å². The summed E-state index contributed by atoms with van der Waals surface area (Å²) in [6, 6.07) is 0. The van der Waals surface area contributed by atoms with E-state index in [-0.39, 0.29) is 24.0 Å². The topological polar surface area (TPSA) is 88.7 Å². The first-order valence-corrected chi connectivity index (χ1v) is 8.95. The fourth-order valence-corrected chi connectivity index (χ4v) is 4.12. The van der Waals surface area contributed by atoms with Crippen LogP contribution in [0.25, 0.3) is 0 Å². The first kappa shape index (κ1) is 16.0. The van der Waals surface area contributed by atoms with Crippen molar-refractivity contribution in [2.75, 3.05) is 13.1 Å². The predicted molar refractivity (Wildman–Crippen MR) is 84.1 cm³/mol. The van der Waals surface area contributed by atoms with E-state index in [1.54, 1.807) is 6.92 Å². The molecule has 1 aliphatic carbocycles. The zero-order valence-corrected chi connectivity index (χ0v) is 14.2. The predicted octanol–water partition coefficient (Wildman–Crippen LogP) is 1.90. The lowest BCUT2D eigenvalue weighted by atomic mass is 9.77. The first-order chi connectivity index (χ1) is 11.5. The molecule has 1 saturated carbocycles. The second-order valence-electron chi connectivity index (χ2n) is 7.64. The lowest BCUT2D eigenvalue weighted by Crippen LogP contribution is -2.49. The zero-order valence-electron chi connectivity index (χ0n) is 14.2. The number of carbonyl (C=O) groups excluding carboxylic acids is 1. The van der Waals surface area contributed by atoms with Gasteiger partial charge >= 0.3 is 0 Å². The molecule has 2 saturated heterocycles. The van der Waals surface area contributed by atoms with Crippen molar-refractivity contribution in [3.05, 3.63) is 11.7 Å². The number of likely N-dealkylation sites (tertiary alicyclic amines) is 1. The summed E-state index contributed by atoms with van der Waals surface area (Å²) in [5.41, 5.74) is -0.909. The number of aromatic nitrogens is 2. The molecule has 1 aromatic rings. The summed E-state index contributed by atoms with van der Waals surface area (Å²) < 4.78 is 11.5. The van der Waals surface area contributed by atoms with Crippen LogP contribution in [0.4, 0.5) is 0 Å². The van der Waals surface area contributed by atoms with E-state index in [9.17, 15) is 9.90 Å². The Hall–Kier alpha value is -1.47. The van der Waals surface area contributed by atoms with Crippen LogP contribution >= 0.6 is 0 Å². The van der Waals surface area contributed by atoms with Crippen LogP contribution in [-0.2, 0) is 9.53 Å². The van der Waals surface area contributed by atoms with Crippen LogP contribution in [0.5, 0.6) is 0 Å². The summed E-state index contributed by atoms with van der Waals surface area (Å²) >= 11 is 0. The minimum atomic E-state index is -0.739. The molecule has 1 atom stereocenters. The Balaban J connectivity index is 1.32. The summed E-state index contributed by atoms with van der Waals surface area (Å²) in [7, 11) is 0. The van der Waals surface area contributed by atoms with Crippen molar-refractivity contribution in [3.8, 4) is 0 Å². The van der Waals surface area contributed by atoms with Crippen LogP contribution in [0.15, 0.2) is 4.52 Å². The molecule has 1 amide bonds. The van der Waals surface area contributed by atoms with Crippen LogP contribution in [0.3, 0.4) is 0 Å². The van der Waals surface area contributed by atoms with Gasteiger partial charge in [0.05, 0.1) is 17.6 Å². The lowest BCUT2D eigenvalue weighted by molar-refractivity contribution is -0.146. The van der Waals surface area contributed by atoms with Crippen molar-refractivity contribution in [1.82, 2.24) is 15.0 Å². The molecule has 4 rings (SSSR count). The highest BCUT2D eigenvalue weighted by Gasteiger charge is 2.46. The Labute approximate surface area is 141 Å². The number of ether oxygens (including phenoxy) is 1. The Bertz CT molecular complexity index is 617. The molecule has 0 bridgehead atoms. The second-order valence-corrected chi connectivity index (χ2v) is 7.64. The summed E-state index contributed by atoms with van der Waals surface area (Å²) in [6.45, 7) is 3.20. The highest BCUT2D eigenvalue weighted by molar-refractivity contribution is 5.77. The average Bonchev–Trinajstić information content (AvgIpc) is 3.13. The van der Waals surface area contributed by atoms with Gasteiger partial charge in [-0.05, 0) is 51.9 Å². The van der Waals surface area contributed by atoms with E-state index in [0.717, 1.165) is 44.9 Å². The molecule has 132 valence electrons. The largest absolute Gasteiger partial charge is 0.389 e. The molecule has 0 aromatic carbocycles. The highest BCUT2D eigenvalue weighted by atomic mass is 16.5. The molecule has 1 unspecified atom stereocenters. The number of amides is 1. The third-order valence-electron chi connectivity index (χ3n) is 5.87. The molecular formula is C17H25N3O4. The van der Waals surface area contributed by atoms with Crippen LogP contribution in [0, 0.1) is 6.92 Å². The van der Waals surface area contributed by atoms with Crippen LogP contribution in [0.1, 0.15) is 69.2 Å². The maximum absolute atomic E-state index is 12.4. The Kier molecular flexibility index (Phi) is 3.88. The highest BCUT2D eigenvalue weighted by Crippen LogP contribution is 2.45. The summed E-state index contributed by atoms with van der Waals surface area (Å²) in [5.74, 6) is 1.27. The monoisotopic (exact) mass is 335 g/mol. The Morgan fingerprint density at radius 2 is 2.04 bits per heavy atom. The SMILES string of the molecule is Cc1noc(C2CCC3(CCN(C(=O)CC4(O)CCC4)CC3)O2)n1. The fraction of sp³-hybridized carbons (Fsp3) is 0.824. The smallest absolute Gasteiger partial charge is 0.255 e. The molecule has 3 fully saturated rings. The van der Waals surface area contributed by atoms with E-state index in [0.29, 0.717) is 24.8 Å². The maximum atomic E-state index is 12.4. The molecule has 7 heteroatoms. The maximum Gasteiger partial charge on any atom is 0.255 e. The van der Waals surface area contributed by atoms with Gasteiger partial charge in [-0.1, -0.05) is 5.16 Å². The van der Waals surface area contributed by atoms with Crippen LogP contribution < -0.4 is 0 Å². The molecule has 1 N–H and O–H groups in total. The van der Waals surface area contributed by atoms with Gasteiger partial charge in [0.2, 0.25) is 5.91 Å². The van der Waals surface area contributed by atoms with Gasteiger partial charge < -0.3 is 19.3 Å². The van der Waals surface area contributed by atoms with E-state index >= 15 is 0 Å². The van der Waals surface area contributed by atoms with Crippen molar-refractivity contribution >= 4 is 5.91 Å². The van der Waals surface area contributed by atoms with Gasteiger partial charge in [0.1, 0.15) is 6.10 Å². The lowest BCUT2D eigenvalue weighted by Gasteiger charge is -2.41. The number of hydrogen-bond donors (Lipinski definition) is 1. The molecule has 24 heavy (non-hydrogen) atoms. The van der Waals surface area contributed by atoms with Gasteiger partial charge in [-0.25, -0.2) is 0 Å². The molecule has 2 aliphatic heterocycles. The summed E-state index contributed by atoms with van der Waals surface area (Å²) in [5, 5.41) is 14.0. The molecule has 7 nitrogen and oxygen atoms in total. The molecule has 1 aromatic heterocycles. The number of hydrogen-bond acceptors (Lipinski definition) is 6. The Morgan fingerprint density at radius 1 is 1.29 bits per heavy atom. The summed E-state index contributed by atoms with van der Waals surface area (Å²) in [6.07, 6.45) is 6.20. The molecule has 1 spiro atoms. The van der Waals surface area contributed by atoms with Gasteiger partial charge in [-0.15, -0.1) is 0 Å². The van der Waals surface area contributed by atoms with Crippen molar-refractivity contribution in [3.63, 3.8) is 0 Å². The normalized spacial score (nSPS) is 28.1. The summed E-state index contributed by atoms with van der Waals surface area (Å²) in [4.78, 5) is 18.5. The van der Waals surface area contributed by atoms with Gasteiger partial charge in [0.15, 0.2) is 5.82 Å². The van der Waals surface area contributed by atoms with E-state index in [4.69, 9.17) is 9.26 Å². The van der Waals surface area contributed by atoms with Gasteiger partial charge in [0, 0.05) is 13.1 Å². The number of carbonyl (C=O) groups is 1. The van der Waals surface area contributed by atoms with Crippen LogP contribution in [-0.4, -0.2) is 50.3 Å². The first-order valence-electron chi connectivity index (χ1n) is 8.95. The van der Waals surface area contributed by atoms with E-state index < -0.39 is 5.60 Å². The zero-order chi connectivity index (χ0) is 16.8. The van der Waals surface area contributed by atoms with Gasteiger partial charge in [-0.3, -0.25) is 4.79 Å². The van der Waals surface area contributed by atoms with Crippen molar-refractivity contribution in [2.24, 2.45) is 0 Å². The van der Waals surface area contributed by atoms with Crippen LogP contribution in [0.2, 0.25) is 0 Å². The Morgan fingerprint density at radius 3 is 2.62 bits per heavy atom. The second kappa shape index (κ2) is 5.81. The molecule has 3 heterocycles. The van der Waals surface area contributed by atoms with Gasteiger partial charge in [-0.2, -0.15) is 4.98 Å². The minimum Gasteiger partial charge on any atom is -0.389 e. The van der Waals surface area contributed by atoms with E-state index in [1.165, 1.54) is 0 Å². The molecular weight excluding hydrogens is 310 g/mol. The number of nitrogens with zero attached hydrogens (tertiary/aromatic N) is 3. The third kappa shape index (κ3) is 2.95. The fourth-order valence-electron chi connectivity index (χ4n) is 4.12. The van der Waals surface area contributed by atoms with Crippen molar-refractivity contribution < 1.29 is 19.2 Å². The average molecular weight is 335 g/mol.